The van der Waals surface area contributed by atoms with Crippen molar-refractivity contribution >= 4 is 44.3 Å². The van der Waals surface area contributed by atoms with Crippen LogP contribution in [0.5, 0.6) is 5.75 Å². The Morgan fingerprint density at radius 2 is 1.89 bits per heavy atom. The molecule has 0 amide bonds. The van der Waals surface area contributed by atoms with Gasteiger partial charge in [-0.1, -0.05) is 52.3 Å². The summed E-state index contributed by atoms with van der Waals surface area (Å²) in [5.74, 6) is -0.891. The summed E-state index contributed by atoms with van der Waals surface area (Å²) in [6.07, 6.45) is 2.46. The van der Waals surface area contributed by atoms with Gasteiger partial charge in [-0.2, -0.15) is 0 Å². The predicted octanol–water partition coefficient (Wildman–Crippen LogP) is 4.33. The first kappa shape index (κ1) is 27.8. The number of benzene rings is 2. The number of carbonyl (C=O) groups excluding carboxylic acids is 2. The number of carbonyl (C=O) groups is 2. The van der Waals surface area contributed by atoms with Crippen molar-refractivity contribution in [1.29, 1.82) is 0 Å². The molecule has 9 heteroatoms. The van der Waals surface area contributed by atoms with E-state index < -0.39 is 36.5 Å². The molecule has 0 saturated carbocycles. The summed E-state index contributed by atoms with van der Waals surface area (Å²) >= 11 is 0. The van der Waals surface area contributed by atoms with Crippen molar-refractivity contribution in [1.82, 2.24) is 0 Å². The molecule has 0 spiro atoms. The molecule has 7 nitrogen and oxygen atoms in total. The van der Waals surface area contributed by atoms with E-state index >= 15 is 0 Å². The van der Waals surface area contributed by atoms with E-state index in [4.69, 9.17) is 19.3 Å². The number of esters is 2. The molecule has 1 fully saturated rings. The Bertz CT molecular complexity index is 977. The lowest BCUT2D eigenvalue weighted by Crippen LogP contribution is -2.37. The molecule has 1 aliphatic rings. The van der Waals surface area contributed by atoms with Gasteiger partial charge in [-0.15, -0.1) is 0 Å². The minimum atomic E-state index is -0.834. The van der Waals surface area contributed by atoms with Crippen LogP contribution in [0.3, 0.4) is 0 Å². The molecule has 192 valence electrons. The van der Waals surface area contributed by atoms with E-state index in [9.17, 15) is 14.7 Å². The molecular formula is C26H34O7S2. The number of fused-ring (bicyclic) bond motifs is 1. The average Bonchev–Trinajstić information content (AvgIpc) is 3.40. The Hall–Kier alpha value is -1.78. The molecule has 2 N–H and O–H groups in total. The Balaban J connectivity index is 1.66. The lowest BCUT2D eigenvalue weighted by Gasteiger charge is -2.24. The van der Waals surface area contributed by atoms with Crippen LogP contribution in [-0.2, 0) is 19.1 Å². The monoisotopic (exact) mass is 522 g/mol. The number of methoxy groups -OCH3 is 1. The second-order valence-electron chi connectivity index (χ2n) is 8.62. The summed E-state index contributed by atoms with van der Waals surface area (Å²) in [6, 6.07) is 11.3. The Morgan fingerprint density at radius 1 is 1.11 bits per heavy atom. The van der Waals surface area contributed by atoms with Crippen LogP contribution in [0.2, 0.25) is 0 Å². The topological polar surface area (TPSA) is 102 Å². The van der Waals surface area contributed by atoms with E-state index in [-0.39, 0.29) is 13.2 Å². The molecule has 1 saturated heterocycles. The molecule has 3 rings (SSSR count). The Kier molecular flexibility index (Phi) is 11.2. The molecule has 35 heavy (non-hydrogen) atoms. The molecule has 0 radical (unpaired) electrons. The normalized spacial score (nSPS) is 18.2. The first-order chi connectivity index (χ1) is 17.0. The summed E-state index contributed by atoms with van der Waals surface area (Å²) in [5, 5.41) is 21.4. The number of rotatable bonds is 13. The van der Waals surface area contributed by atoms with Crippen molar-refractivity contribution in [2.24, 2.45) is 5.92 Å². The standard InChI is InChI=1S/C26H34O7S2/c1-17(18-6-7-20-15-21(31-2)9-8-19(20)14-18)25(29)33-26(30)23(24(16-28)32-12-11-27)5-3-4-22-10-13-34-35-22/h6-9,14-15,17,22-24,27-28H,3-5,10-13,16H2,1-2H3/t17-,22?,23?,24?/m0/s1. The Morgan fingerprint density at radius 3 is 2.57 bits per heavy atom. The van der Waals surface area contributed by atoms with Crippen molar-refractivity contribution in [2.75, 3.05) is 32.7 Å². The van der Waals surface area contributed by atoms with Gasteiger partial charge in [0.1, 0.15) is 5.75 Å². The lowest BCUT2D eigenvalue weighted by molar-refractivity contribution is -0.168. The fourth-order valence-corrected chi connectivity index (χ4v) is 7.15. The number of ether oxygens (including phenoxy) is 3. The molecule has 1 aliphatic heterocycles. The summed E-state index contributed by atoms with van der Waals surface area (Å²) < 4.78 is 16.1. The highest BCUT2D eigenvalue weighted by atomic mass is 33.1. The van der Waals surface area contributed by atoms with Gasteiger partial charge in [-0.05, 0) is 54.7 Å². The quantitative estimate of drug-likeness (QED) is 0.226. The van der Waals surface area contributed by atoms with Crippen LogP contribution in [0.1, 0.15) is 44.1 Å². The molecule has 0 bridgehead atoms. The SMILES string of the molecule is COc1ccc2cc([C@H](C)C(=O)OC(=O)C(CCCC3CCSS3)C(CO)OCCO)ccc2c1. The number of aliphatic hydroxyl groups excluding tert-OH is 2. The maximum Gasteiger partial charge on any atom is 0.320 e. The van der Waals surface area contributed by atoms with Crippen molar-refractivity contribution in [3.63, 3.8) is 0 Å². The zero-order chi connectivity index (χ0) is 25.2. The molecule has 1 heterocycles. The second kappa shape index (κ2) is 14.1. The van der Waals surface area contributed by atoms with Crippen molar-refractivity contribution < 1.29 is 34.0 Å². The van der Waals surface area contributed by atoms with Crippen LogP contribution in [0.4, 0.5) is 0 Å². The summed E-state index contributed by atoms with van der Waals surface area (Å²) in [5.41, 5.74) is 0.739. The van der Waals surface area contributed by atoms with Gasteiger partial charge in [0, 0.05) is 11.0 Å². The fraction of sp³-hybridized carbons (Fsp3) is 0.538. The molecule has 2 aromatic rings. The van der Waals surface area contributed by atoms with Gasteiger partial charge in [0.15, 0.2) is 0 Å². The zero-order valence-corrected chi connectivity index (χ0v) is 21.8. The van der Waals surface area contributed by atoms with Crippen molar-refractivity contribution in [3.8, 4) is 5.75 Å². The van der Waals surface area contributed by atoms with Crippen LogP contribution >= 0.6 is 21.6 Å². The van der Waals surface area contributed by atoms with Gasteiger partial charge in [0.2, 0.25) is 0 Å². The third kappa shape index (κ3) is 7.85. The summed E-state index contributed by atoms with van der Waals surface area (Å²) in [4.78, 5) is 25.9. The van der Waals surface area contributed by atoms with E-state index in [0.29, 0.717) is 11.7 Å². The van der Waals surface area contributed by atoms with Gasteiger partial charge in [-0.25, -0.2) is 0 Å². The van der Waals surface area contributed by atoms with Crippen LogP contribution in [-0.4, -0.2) is 66.2 Å². The molecule has 3 unspecified atom stereocenters. The van der Waals surface area contributed by atoms with Gasteiger partial charge >= 0.3 is 11.9 Å². The Labute approximate surface area is 214 Å². The lowest BCUT2D eigenvalue weighted by atomic mass is 9.94. The van der Waals surface area contributed by atoms with Gasteiger partial charge in [0.05, 0.1) is 44.9 Å². The molecule has 4 atom stereocenters. The summed E-state index contributed by atoms with van der Waals surface area (Å²) in [7, 11) is 5.35. The summed E-state index contributed by atoms with van der Waals surface area (Å²) in [6.45, 7) is 1.08. The third-order valence-electron chi connectivity index (χ3n) is 6.25. The maximum absolute atomic E-state index is 13.0. The van der Waals surface area contributed by atoms with Gasteiger partial charge < -0.3 is 24.4 Å². The van der Waals surface area contributed by atoms with Crippen molar-refractivity contribution in [2.45, 2.75) is 49.9 Å². The highest BCUT2D eigenvalue weighted by Crippen LogP contribution is 2.40. The number of hydrogen-bond acceptors (Lipinski definition) is 9. The third-order valence-corrected chi connectivity index (χ3v) is 9.26. The molecule has 0 aliphatic carbocycles. The molecule has 0 aromatic heterocycles. The van der Waals surface area contributed by atoms with Crippen LogP contribution in [0.15, 0.2) is 36.4 Å². The molecule has 2 aromatic carbocycles. The van der Waals surface area contributed by atoms with Crippen LogP contribution in [0.25, 0.3) is 10.8 Å². The van der Waals surface area contributed by atoms with Crippen LogP contribution < -0.4 is 4.74 Å². The first-order valence-electron chi connectivity index (χ1n) is 11.9. The smallest absolute Gasteiger partial charge is 0.320 e. The highest BCUT2D eigenvalue weighted by molar-refractivity contribution is 8.77. The second-order valence-corrected chi connectivity index (χ2v) is 11.4. The minimum Gasteiger partial charge on any atom is -0.497 e. The van der Waals surface area contributed by atoms with Crippen LogP contribution in [0, 0.1) is 5.92 Å². The molecular weight excluding hydrogens is 488 g/mol. The van der Waals surface area contributed by atoms with Gasteiger partial charge in [-0.3, -0.25) is 9.59 Å². The van der Waals surface area contributed by atoms with E-state index in [2.05, 4.69) is 0 Å². The number of hydrogen-bond donors (Lipinski definition) is 2. The number of aliphatic hydroxyl groups is 2. The largest absolute Gasteiger partial charge is 0.497 e. The van der Waals surface area contributed by atoms with E-state index in [0.717, 1.165) is 47.1 Å². The highest BCUT2D eigenvalue weighted by Gasteiger charge is 2.33. The maximum atomic E-state index is 13.0. The van der Waals surface area contributed by atoms with E-state index in [1.54, 1.807) is 14.0 Å². The minimum absolute atomic E-state index is 0.00362. The van der Waals surface area contributed by atoms with Crippen molar-refractivity contribution in [3.05, 3.63) is 42.0 Å². The zero-order valence-electron chi connectivity index (χ0n) is 20.2. The fourth-order valence-electron chi connectivity index (χ4n) is 4.12. The van der Waals surface area contributed by atoms with E-state index in [1.807, 2.05) is 58.0 Å². The average molecular weight is 523 g/mol. The van der Waals surface area contributed by atoms with Gasteiger partial charge in [0.25, 0.3) is 0 Å². The predicted molar refractivity (Wildman–Crippen MR) is 140 cm³/mol. The first-order valence-corrected chi connectivity index (χ1v) is 14.3. The van der Waals surface area contributed by atoms with E-state index in [1.165, 1.54) is 0 Å².